The number of piperazine rings is 1. The summed E-state index contributed by atoms with van der Waals surface area (Å²) in [5, 5.41) is 3.70. The first kappa shape index (κ1) is 9.48. The van der Waals surface area contributed by atoms with E-state index in [1.807, 2.05) is 6.92 Å². The van der Waals surface area contributed by atoms with Crippen molar-refractivity contribution in [2.75, 3.05) is 40.0 Å². The van der Waals surface area contributed by atoms with Crippen molar-refractivity contribution in [2.24, 2.45) is 5.16 Å². The topological polar surface area (TPSA) is 28.1 Å². The maximum atomic E-state index is 5.03. The lowest BCUT2D eigenvalue weighted by atomic mass is 10.3. The van der Waals surface area contributed by atoms with E-state index in [1.54, 1.807) is 6.21 Å². The number of hydrogen-bond acceptors (Lipinski definition) is 4. The van der Waals surface area contributed by atoms with E-state index in [-0.39, 0.29) is 0 Å². The van der Waals surface area contributed by atoms with Gasteiger partial charge in [0.2, 0.25) is 0 Å². The second kappa shape index (κ2) is 5.11. The lowest BCUT2D eigenvalue weighted by Gasteiger charge is -2.30. The van der Waals surface area contributed by atoms with Crippen molar-refractivity contribution >= 4 is 6.21 Å². The average molecular weight is 171 g/mol. The van der Waals surface area contributed by atoms with Crippen LogP contribution in [0.15, 0.2) is 5.16 Å². The summed E-state index contributed by atoms with van der Waals surface area (Å²) in [5.74, 6) is 0. The van der Waals surface area contributed by atoms with E-state index in [0.717, 1.165) is 26.2 Å². The Morgan fingerprint density at radius 2 is 2.00 bits per heavy atom. The fourth-order valence-electron chi connectivity index (χ4n) is 1.17. The molecule has 0 radical (unpaired) electrons. The van der Waals surface area contributed by atoms with E-state index in [2.05, 4.69) is 22.0 Å². The molecule has 0 aromatic rings. The summed E-state index contributed by atoms with van der Waals surface area (Å²) >= 11 is 0. The zero-order chi connectivity index (χ0) is 8.81. The highest BCUT2D eigenvalue weighted by Crippen LogP contribution is 1.98. The third-order valence-corrected chi connectivity index (χ3v) is 2.02. The minimum atomic E-state index is 0.623. The summed E-state index contributed by atoms with van der Waals surface area (Å²) in [6, 6.07) is 0. The van der Waals surface area contributed by atoms with Crippen molar-refractivity contribution in [3.05, 3.63) is 0 Å². The van der Waals surface area contributed by atoms with E-state index in [4.69, 9.17) is 4.84 Å². The molecule has 0 aliphatic carbocycles. The lowest BCUT2D eigenvalue weighted by molar-refractivity contribution is 0.00960. The van der Waals surface area contributed by atoms with Crippen molar-refractivity contribution in [2.45, 2.75) is 6.92 Å². The van der Waals surface area contributed by atoms with Gasteiger partial charge >= 0.3 is 0 Å². The van der Waals surface area contributed by atoms with Gasteiger partial charge in [-0.2, -0.15) is 0 Å². The summed E-state index contributed by atoms with van der Waals surface area (Å²) in [6.07, 6.45) is 1.66. The van der Waals surface area contributed by atoms with Crippen molar-refractivity contribution in [1.29, 1.82) is 0 Å². The Morgan fingerprint density at radius 3 is 2.58 bits per heavy atom. The number of likely N-dealkylation sites (N-methyl/N-ethyl adjacent to an activating group) is 1. The summed E-state index contributed by atoms with van der Waals surface area (Å²) < 4.78 is 0. The fraction of sp³-hybridized carbons (Fsp3) is 0.875. The summed E-state index contributed by atoms with van der Waals surface area (Å²) in [4.78, 5) is 9.61. The highest BCUT2D eigenvalue weighted by atomic mass is 16.6. The van der Waals surface area contributed by atoms with Crippen LogP contribution in [0, 0.1) is 0 Å². The molecule has 0 unspecified atom stereocenters. The minimum Gasteiger partial charge on any atom is -0.380 e. The summed E-state index contributed by atoms with van der Waals surface area (Å²) in [6.45, 7) is 6.88. The Bertz CT molecular complexity index is 141. The molecule has 0 N–H and O–H groups in total. The summed E-state index contributed by atoms with van der Waals surface area (Å²) in [5.41, 5.74) is 0. The zero-order valence-corrected chi connectivity index (χ0v) is 7.86. The normalized spacial score (nSPS) is 21.8. The van der Waals surface area contributed by atoms with Crippen LogP contribution in [0.5, 0.6) is 0 Å². The molecule has 12 heavy (non-hydrogen) atoms. The Kier molecular flexibility index (Phi) is 4.04. The van der Waals surface area contributed by atoms with E-state index in [1.165, 1.54) is 0 Å². The van der Waals surface area contributed by atoms with Crippen LogP contribution in [0.1, 0.15) is 6.92 Å². The van der Waals surface area contributed by atoms with Crippen molar-refractivity contribution in [3.8, 4) is 0 Å². The maximum absolute atomic E-state index is 5.03. The number of oxime groups is 1. The van der Waals surface area contributed by atoms with Crippen LogP contribution in [-0.4, -0.2) is 56.0 Å². The Labute approximate surface area is 73.8 Å². The molecule has 0 aromatic heterocycles. The molecule has 4 nitrogen and oxygen atoms in total. The van der Waals surface area contributed by atoms with Gasteiger partial charge in [0, 0.05) is 32.4 Å². The van der Waals surface area contributed by atoms with Crippen LogP contribution >= 0.6 is 0 Å². The molecule has 0 atom stereocenters. The highest BCUT2D eigenvalue weighted by Gasteiger charge is 2.12. The Hall–Kier alpha value is -0.610. The zero-order valence-electron chi connectivity index (χ0n) is 7.86. The Morgan fingerprint density at radius 1 is 1.33 bits per heavy atom. The number of rotatable bonds is 3. The minimum absolute atomic E-state index is 0.623. The molecule has 1 aliphatic heterocycles. The van der Waals surface area contributed by atoms with E-state index in [0.29, 0.717) is 6.73 Å². The molecule has 1 heterocycles. The highest BCUT2D eigenvalue weighted by molar-refractivity contribution is 5.52. The SMILES string of the molecule is CC=NOCN1CCN(C)CC1. The summed E-state index contributed by atoms with van der Waals surface area (Å²) in [7, 11) is 2.14. The molecule has 4 heteroatoms. The standard InChI is InChI=1S/C8H17N3O/c1-3-9-12-8-11-6-4-10(2)5-7-11/h3H,4-8H2,1-2H3. The first-order chi connectivity index (χ1) is 5.83. The first-order valence-corrected chi connectivity index (χ1v) is 4.34. The molecular formula is C8H17N3O. The smallest absolute Gasteiger partial charge is 0.170 e. The van der Waals surface area contributed by atoms with Crippen molar-refractivity contribution in [3.63, 3.8) is 0 Å². The van der Waals surface area contributed by atoms with Gasteiger partial charge in [-0.25, -0.2) is 0 Å². The molecule has 0 spiro atoms. The van der Waals surface area contributed by atoms with Gasteiger partial charge in [0.25, 0.3) is 0 Å². The average Bonchev–Trinajstić information content (AvgIpc) is 2.09. The molecule has 1 aliphatic rings. The molecular weight excluding hydrogens is 154 g/mol. The lowest BCUT2D eigenvalue weighted by Crippen LogP contribution is -2.44. The van der Waals surface area contributed by atoms with Gasteiger partial charge in [-0.15, -0.1) is 0 Å². The van der Waals surface area contributed by atoms with Gasteiger partial charge in [-0.3, -0.25) is 4.90 Å². The molecule has 1 fully saturated rings. The van der Waals surface area contributed by atoms with Crippen LogP contribution in [0.3, 0.4) is 0 Å². The van der Waals surface area contributed by atoms with Crippen molar-refractivity contribution < 1.29 is 4.84 Å². The second-order valence-corrected chi connectivity index (χ2v) is 3.04. The largest absolute Gasteiger partial charge is 0.380 e. The van der Waals surface area contributed by atoms with E-state index in [9.17, 15) is 0 Å². The van der Waals surface area contributed by atoms with Gasteiger partial charge in [0.05, 0.1) is 0 Å². The number of nitrogens with zero attached hydrogens (tertiary/aromatic N) is 3. The van der Waals surface area contributed by atoms with E-state index < -0.39 is 0 Å². The Balaban J connectivity index is 2.09. The van der Waals surface area contributed by atoms with Crippen LogP contribution in [-0.2, 0) is 4.84 Å². The maximum Gasteiger partial charge on any atom is 0.170 e. The molecule has 1 rings (SSSR count). The van der Waals surface area contributed by atoms with Crippen LogP contribution in [0.2, 0.25) is 0 Å². The van der Waals surface area contributed by atoms with E-state index >= 15 is 0 Å². The molecule has 1 saturated heterocycles. The van der Waals surface area contributed by atoms with Gasteiger partial charge in [-0.1, -0.05) is 5.16 Å². The molecule has 0 bridgehead atoms. The predicted molar refractivity (Wildman–Crippen MR) is 49.2 cm³/mol. The van der Waals surface area contributed by atoms with Gasteiger partial charge in [0.1, 0.15) is 0 Å². The van der Waals surface area contributed by atoms with Crippen LogP contribution < -0.4 is 0 Å². The van der Waals surface area contributed by atoms with Crippen molar-refractivity contribution in [1.82, 2.24) is 9.80 Å². The number of hydrogen-bond donors (Lipinski definition) is 0. The van der Waals surface area contributed by atoms with Gasteiger partial charge in [-0.05, 0) is 14.0 Å². The van der Waals surface area contributed by atoms with Crippen LogP contribution in [0.4, 0.5) is 0 Å². The quantitative estimate of drug-likeness (QED) is 0.449. The van der Waals surface area contributed by atoms with Gasteiger partial charge < -0.3 is 9.74 Å². The second-order valence-electron chi connectivity index (χ2n) is 3.04. The first-order valence-electron chi connectivity index (χ1n) is 4.34. The molecule has 0 amide bonds. The third-order valence-electron chi connectivity index (χ3n) is 2.02. The fourth-order valence-corrected chi connectivity index (χ4v) is 1.17. The predicted octanol–water partition coefficient (Wildman–Crippen LogP) is 0.214. The van der Waals surface area contributed by atoms with Gasteiger partial charge in [0.15, 0.2) is 6.73 Å². The molecule has 0 aromatic carbocycles. The molecule has 70 valence electrons. The monoisotopic (exact) mass is 171 g/mol. The van der Waals surface area contributed by atoms with Crippen LogP contribution in [0.25, 0.3) is 0 Å². The molecule has 0 saturated carbocycles. The third kappa shape index (κ3) is 3.19.